The minimum absolute atomic E-state index is 0.544. The van der Waals surface area contributed by atoms with Crippen LogP contribution < -0.4 is 0 Å². The fourth-order valence-corrected chi connectivity index (χ4v) is 3.58. The van der Waals surface area contributed by atoms with E-state index in [1.165, 1.54) is 83.6 Å². The van der Waals surface area contributed by atoms with Gasteiger partial charge in [-0.3, -0.25) is 0 Å². The number of hydrogen-bond acceptors (Lipinski definition) is 2. The summed E-state index contributed by atoms with van der Waals surface area (Å²) in [6.07, 6.45) is 22.2. The van der Waals surface area contributed by atoms with Crippen LogP contribution in [0.15, 0.2) is 12.4 Å². The fraction of sp³-hybridized carbons (Fsp3) is 0.905. The van der Waals surface area contributed by atoms with Gasteiger partial charge in [0, 0.05) is 25.0 Å². The minimum Gasteiger partial charge on any atom is -0.356 e. The molecular weight excluding hydrogens is 280 g/mol. The molecule has 0 bridgehead atoms. The Labute approximate surface area is 146 Å². The van der Waals surface area contributed by atoms with E-state index in [2.05, 4.69) is 49.9 Å². The van der Waals surface area contributed by atoms with Crippen LogP contribution in [0.25, 0.3) is 0 Å². The van der Waals surface area contributed by atoms with E-state index in [0.717, 1.165) is 0 Å². The molecule has 1 rings (SSSR count). The van der Waals surface area contributed by atoms with Crippen molar-refractivity contribution in [1.82, 2.24) is 9.80 Å². The molecule has 0 fully saturated rings. The second-order valence-electron chi connectivity index (χ2n) is 7.60. The Morgan fingerprint density at radius 1 is 0.739 bits per heavy atom. The van der Waals surface area contributed by atoms with Crippen molar-refractivity contribution in [2.75, 3.05) is 6.54 Å². The number of nitrogens with zero attached hydrogens (tertiary/aromatic N) is 2. The summed E-state index contributed by atoms with van der Waals surface area (Å²) in [6, 6.07) is 0.605. The molecule has 23 heavy (non-hydrogen) atoms. The normalized spacial score (nSPS) is 17.7. The number of rotatable bonds is 14. The van der Waals surface area contributed by atoms with Gasteiger partial charge in [-0.2, -0.15) is 0 Å². The lowest BCUT2D eigenvalue weighted by Crippen LogP contribution is -2.39. The topological polar surface area (TPSA) is 6.48 Å². The van der Waals surface area contributed by atoms with Crippen LogP contribution in [-0.2, 0) is 0 Å². The third kappa shape index (κ3) is 8.67. The molecule has 0 N–H and O–H groups in total. The lowest BCUT2D eigenvalue weighted by atomic mass is 10.1. The maximum atomic E-state index is 2.50. The van der Waals surface area contributed by atoms with Crippen molar-refractivity contribution in [2.24, 2.45) is 0 Å². The molecule has 0 aliphatic carbocycles. The van der Waals surface area contributed by atoms with E-state index in [-0.39, 0.29) is 0 Å². The first-order chi connectivity index (χ1) is 11.2. The second kappa shape index (κ2) is 12.7. The van der Waals surface area contributed by atoms with E-state index in [4.69, 9.17) is 0 Å². The molecule has 0 radical (unpaired) electrons. The predicted molar refractivity (Wildman–Crippen MR) is 103 cm³/mol. The lowest BCUT2D eigenvalue weighted by Gasteiger charge is -2.32. The Kier molecular flexibility index (Phi) is 11.3. The first-order valence-electron chi connectivity index (χ1n) is 10.4. The summed E-state index contributed by atoms with van der Waals surface area (Å²) in [5.74, 6) is 0. The molecule has 0 spiro atoms. The summed E-state index contributed by atoms with van der Waals surface area (Å²) in [6.45, 7) is 10.4. The van der Waals surface area contributed by atoms with E-state index < -0.39 is 0 Å². The highest BCUT2D eigenvalue weighted by Gasteiger charge is 2.22. The van der Waals surface area contributed by atoms with Gasteiger partial charge in [0.2, 0.25) is 0 Å². The largest absolute Gasteiger partial charge is 0.356 e. The smallest absolute Gasteiger partial charge is 0.0980 e. The van der Waals surface area contributed by atoms with E-state index in [1.54, 1.807) is 0 Å². The summed E-state index contributed by atoms with van der Waals surface area (Å²) >= 11 is 0. The summed E-state index contributed by atoms with van der Waals surface area (Å²) < 4.78 is 0. The van der Waals surface area contributed by atoms with E-state index in [0.29, 0.717) is 12.2 Å². The van der Waals surface area contributed by atoms with Crippen molar-refractivity contribution >= 4 is 0 Å². The van der Waals surface area contributed by atoms with Gasteiger partial charge in [0.15, 0.2) is 0 Å². The Morgan fingerprint density at radius 3 is 1.65 bits per heavy atom. The van der Waals surface area contributed by atoms with E-state index in [9.17, 15) is 0 Å². The molecule has 136 valence electrons. The highest BCUT2D eigenvalue weighted by atomic mass is 15.4. The molecule has 0 saturated heterocycles. The van der Waals surface area contributed by atoms with Gasteiger partial charge in [-0.1, -0.05) is 77.6 Å². The Hall–Kier alpha value is -0.660. The molecule has 0 aromatic rings. The van der Waals surface area contributed by atoms with Crippen LogP contribution in [-0.4, -0.2) is 28.6 Å². The highest BCUT2D eigenvalue weighted by Crippen LogP contribution is 2.19. The summed E-state index contributed by atoms with van der Waals surface area (Å²) in [7, 11) is 0. The van der Waals surface area contributed by atoms with Gasteiger partial charge in [0.05, 0.1) is 6.17 Å². The van der Waals surface area contributed by atoms with Crippen molar-refractivity contribution in [1.29, 1.82) is 0 Å². The lowest BCUT2D eigenvalue weighted by molar-refractivity contribution is 0.141. The summed E-state index contributed by atoms with van der Waals surface area (Å²) in [5.41, 5.74) is 0. The van der Waals surface area contributed by atoms with Crippen LogP contribution in [0.4, 0.5) is 0 Å². The molecular formula is C21H42N2. The number of hydrogen-bond donors (Lipinski definition) is 0. The van der Waals surface area contributed by atoms with Crippen molar-refractivity contribution in [3.8, 4) is 0 Å². The van der Waals surface area contributed by atoms with Gasteiger partial charge < -0.3 is 9.80 Å². The Morgan fingerprint density at radius 2 is 1.22 bits per heavy atom. The van der Waals surface area contributed by atoms with Crippen LogP contribution in [0, 0.1) is 0 Å². The quantitative estimate of drug-likeness (QED) is 0.335. The van der Waals surface area contributed by atoms with Gasteiger partial charge in [0.25, 0.3) is 0 Å². The van der Waals surface area contributed by atoms with Gasteiger partial charge in [-0.15, -0.1) is 0 Å². The van der Waals surface area contributed by atoms with Crippen LogP contribution in [0.5, 0.6) is 0 Å². The molecule has 1 atom stereocenters. The highest BCUT2D eigenvalue weighted by molar-refractivity contribution is 4.96. The maximum Gasteiger partial charge on any atom is 0.0980 e. The second-order valence-corrected chi connectivity index (χ2v) is 7.60. The van der Waals surface area contributed by atoms with Gasteiger partial charge in [-0.05, 0) is 27.2 Å². The molecule has 0 saturated carbocycles. The summed E-state index contributed by atoms with van der Waals surface area (Å²) in [5, 5.41) is 0. The molecule has 1 heterocycles. The van der Waals surface area contributed by atoms with Crippen molar-refractivity contribution in [3.05, 3.63) is 12.4 Å². The molecule has 1 unspecified atom stereocenters. The molecule has 1 aliphatic rings. The zero-order chi connectivity index (χ0) is 16.9. The van der Waals surface area contributed by atoms with Crippen LogP contribution in [0.2, 0.25) is 0 Å². The van der Waals surface area contributed by atoms with Crippen LogP contribution in [0.3, 0.4) is 0 Å². The molecule has 0 aromatic carbocycles. The van der Waals surface area contributed by atoms with E-state index in [1.807, 2.05) is 0 Å². The minimum atomic E-state index is 0.544. The number of unbranched alkanes of at least 4 members (excludes halogenated alkanes) is 11. The van der Waals surface area contributed by atoms with Gasteiger partial charge >= 0.3 is 0 Å². The maximum absolute atomic E-state index is 2.50. The van der Waals surface area contributed by atoms with Crippen molar-refractivity contribution < 1.29 is 0 Å². The van der Waals surface area contributed by atoms with Gasteiger partial charge in [0.1, 0.15) is 0 Å². The first kappa shape index (κ1) is 20.4. The summed E-state index contributed by atoms with van der Waals surface area (Å²) in [4.78, 5) is 4.94. The first-order valence-corrected chi connectivity index (χ1v) is 10.4. The molecule has 2 nitrogen and oxygen atoms in total. The fourth-order valence-electron chi connectivity index (χ4n) is 3.58. The molecule has 0 amide bonds. The third-order valence-electron chi connectivity index (χ3n) is 5.21. The van der Waals surface area contributed by atoms with Crippen molar-refractivity contribution in [2.45, 2.75) is 117 Å². The van der Waals surface area contributed by atoms with E-state index >= 15 is 0 Å². The predicted octanol–water partition coefficient (Wildman–Crippen LogP) is 6.53. The van der Waals surface area contributed by atoms with Gasteiger partial charge in [-0.25, -0.2) is 0 Å². The zero-order valence-electron chi connectivity index (χ0n) is 16.4. The van der Waals surface area contributed by atoms with Crippen LogP contribution in [0.1, 0.15) is 105 Å². The van der Waals surface area contributed by atoms with Crippen molar-refractivity contribution in [3.63, 3.8) is 0 Å². The molecule has 0 aromatic heterocycles. The monoisotopic (exact) mass is 322 g/mol. The standard InChI is InChI=1S/C21H42N2/c1-5-6-7-8-9-10-11-12-13-14-15-16-17-22-18-19-23(20(2)3)21(22)4/h18-21H,5-17H2,1-4H3. The average Bonchev–Trinajstić information content (AvgIpc) is 2.89. The average molecular weight is 323 g/mol. The molecule has 2 heteroatoms. The zero-order valence-corrected chi connectivity index (χ0v) is 16.4. The Bertz CT molecular complexity index is 298. The SMILES string of the molecule is CCCCCCCCCCCCCCN1C=CN(C(C)C)C1C. The third-order valence-corrected chi connectivity index (χ3v) is 5.21. The molecule has 1 aliphatic heterocycles. The van der Waals surface area contributed by atoms with Crippen LogP contribution >= 0.6 is 0 Å². The Balaban J connectivity index is 1.86.